The molecule has 112 valence electrons. The molecule has 0 atom stereocenters. The number of H-pyrrole nitrogens is 2. The van der Waals surface area contributed by atoms with Crippen molar-refractivity contribution in [1.82, 2.24) is 9.97 Å². The number of aromatic amines is 2. The lowest BCUT2D eigenvalue weighted by Gasteiger charge is -2.03. The van der Waals surface area contributed by atoms with E-state index in [1.807, 2.05) is 13.8 Å². The van der Waals surface area contributed by atoms with Crippen LogP contribution >= 0.6 is 45.2 Å². The summed E-state index contributed by atoms with van der Waals surface area (Å²) in [4.78, 5) is 30.1. The van der Waals surface area contributed by atoms with E-state index in [-0.39, 0.29) is 11.6 Å². The fraction of sp³-hybridized carbons (Fsp3) is 0.333. The molecule has 0 unspecified atom stereocenters. The van der Waals surface area contributed by atoms with Crippen LogP contribution in [0.25, 0.3) is 0 Å². The monoisotopic (exact) mass is 510 g/mol. The molecule has 0 aromatic carbocycles. The summed E-state index contributed by atoms with van der Waals surface area (Å²) >= 11 is 4.35. The van der Waals surface area contributed by atoms with Crippen LogP contribution in [0.5, 0.6) is 0 Å². The summed E-state index contributed by atoms with van der Waals surface area (Å²) in [6.45, 7) is 7.05. The second-order valence-corrected chi connectivity index (χ2v) is 7.28. The van der Waals surface area contributed by atoms with Crippen LogP contribution in [0.1, 0.15) is 57.1 Å². The minimum atomic E-state index is 0.0587. The van der Waals surface area contributed by atoms with E-state index in [1.165, 1.54) is 0 Å². The Morgan fingerprint density at radius 2 is 1.38 bits per heavy atom. The molecule has 2 N–H and O–H groups in total. The third kappa shape index (κ3) is 3.10. The zero-order valence-corrected chi connectivity index (χ0v) is 16.6. The van der Waals surface area contributed by atoms with Crippen molar-refractivity contribution in [2.45, 2.75) is 34.1 Å². The van der Waals surface area contributed by atoms with Crippen molar-refractivity contribution < 1.29 is 9.59 Å². The summed E-state index contributed by atoms with van der Waals surface area (Å²) in [7, 11) is 0. The Morgan fingerprint density at radius 3 is 1.86 bits per heavy atom. The highest BCUT2D eigenvalue weighted by Crippen LogP contribution is 2.26. The molecule has 4 nitrogen and oxygen atoms in total. The maximum Gasteiger partial charge on any atom is 0.162 e. The van der Waals surface area contributed by atoms with E-state index in [1.54, 1.807) is 13.8 Å². The molecule has 0 saturated carbocycles. The predicted octanol–water partition coefficient (Wildman–Crippen LogP) is 4.16. The Hall–Kier alpha value is -0.640. The van der Waals surface area contributed by atoms with Crippen LogP contribution in [0.2, 0.25) is 0 Å². The molecule has 2 aromatic rings. The fourth-order valence-corrected chi connectivity index (χ4v) is 4.32. The van der Waals surface area contributed by atoms with Crippen LogP contribution in [0.4, 0.5) is 0 Å². The summed E-state index contributed by atoms with van der Waals surface area (Å²) in [6.07, 6.45) is 0.591. The van der Waals surface area contributed by atoms with E-state index in [4.69, 9.17) is 0 Å². The summed E-state index contributed by atoms with van der Waals surface area (Å²) in [5.74, 6) is 0.121. The van der Waals surface area contributed by atoms with Gasteiger partial charge in [0.2, 0.25) is 0 Å². The highest BCUT2D eigenvalue weighted by Gasteiger charge is 2.20. The molecular formula is C15H16I2N2O2. The molecule has 2 heterocycles. The average molecular weight is 510 g/mol. The second kappa shape index (κ2) is 6.23. The zero-order chi connectivity index (χ0) is 15.9. The van der Waals surface area contributed by atoms with Crippen molar-refractivity contribution in [3.8, 4) is 0 Å². The first-order valence-electron chi connectivity index (χ1n) is 6.49. The summed E-state index contributed by atoms with van der Waals surface area (Å²) in [5, 5.41) is 0. The first-order chi connectivity index (χ1) is 9.73. The Bertz CT molecular complexity index is 741. The van der Waals surface area contributed by atoms with Gasteiger partial charge in [-0.05, 0) is 84.0 Å². The Balaban J connectivity index is 2.49. The smallest absolute Gasteiger partial charge is 0.162 e. The molecule has 0 fully saturated rings. The van der Waals surface area contributed by atoms with Gasteiger partial charge in [-0.3, -0.25) is 9.59 Å². The lowest BCUT2D eigenvalue weighted by atomic mass is 10.0. The van der Waals surface area contributed by atoms with Crippen LogP contribution < -0.4 is 0 Å². The van der Waals surface area contributed by atoms with Gasteiger partial charge in [0.1, 0.15) is 0 Å². The lowest BCUT2D eigenvalue weighted by molar-refractivity contribution is 0.100. The van der Waals surface area contributed by atoms with Gasteiger partial charge >= 0.3 is 0 Å². The number of hydrogen-bond acceptors (Lipinski definition) is 2. The van der Waals surface area contributed by atoms with Crippen molar-refractivity contribution in [3.05, 3.63) is 41.0 Å². The molecule has 0 bridgehead atoms. The van der Waals surface area contributed by atoms with Gasteiger partial charge < -0.3 is 9.97 Å². The summed E-state index contributed by atoms with van der Waals surface area (Å²) in [5.41, 5.74) is 5.33. The van der Waals surface area contributed by atoms with Gasteiger partial charge in [0.05, 0.1) is 13.0 Å². The van der Waals surface area contributed by atoms with Gasteiger partial charge in [-0.15, -0.1) is 0 Å². The second-order valence-electron chi connectivity index (χ2n) is 5.12. The topological polar surface area (TPSA) is 65.7 Å². The van der Waals surface area contributed by atoms with E-state index in [2.05, 4.69) is 55.1 Å². The molecule has 2 rings (SSSR count). The van der Waals surface area contributed by atoms with Gasteiger partial charge in [0, 0.05) is 23.4 Å². The summed E-state index contributed by atoms with van der Waals surface area (Å²) < 4.78 is 1.84. The van der Waals surface area contributed by atoms with Crippen LogP contribution in [0.3, 0.4) is 0 Å². The Labute approximate surface area is 150 Å². The van der Waals surface area contributed by atoms with Gasteiger partial charge in [0.25, 0.3) is 0 Å². The maximum absolute atomic E-state index is 11.9. The highest BCUT2D eigenvalue weighted by molar-refractivity contribution is 14.1. The predicted molar refractivity (Wildman–Crippen MR) is 99.3 cm³/mol. The van der Waals surface area contributed by atoms with Crippen molar-refractivity contribution in [2.24, 2.45) is 0 Å². The number of aromatic nitrogens is 2. The number of nitrogens with one attached hydrogen (secondary N) is 2. The molecular weight excluding hydrogens is 494 g/mol. The fourth-order valence-electron chi connectivity index (χ4n) is 2.61. The average Bonchev–Trinajstić information content (AvgIpc) is 2.78. The van der Waals surface area contributed by atoms with E-state index < -0.39 is 0 Å². The molecule has 6 heteroatoms. The Kier molecular flexibility index (Phi) is 4.96. The normalized spacial score (nSPS) is 11.0. The van der Waals surface area contributed by atoms with Crippen molar-refractivity contribution in [2.75, 3.05) is 0 Å². The molecule has 0 radical (unpaired) electrons. The summed E-state index contributed by atoms with van der Waals surface area (Å²) in [6, 6.07) is 0. The van der Waals surface area contributed by atoms with Gasteiger partial charge in [-0.2, -0.15) is 0 Å². The molecule has 0 saturated heterocycles. The van der Waals surface area contributed by atoms with Crippen molar-refractivity contribution in [1.29, 1.82) is 0 Å². The van der Waals surface area contributed by atoms with E-state index >= 15 is 0 Å². The maximum atomic E-state index is 11.9. The molecule has 0 aliphatic heterocycles. The van der Waals surface area contributed by atoms with Gasteiger partial charge in [-0.25, -0.2) is 0 Å². The quantitative estimate of drug-likeness (QED) is 0.480. The Morgan fingerprint density at radius 1 is 0.857 bits per heavy atom. The van der Waals surface area contributed by atoms with Crippen LogP contribution in [0.15, 0.2) is 0 Å². The van der Waals surface area contributed by atoms with Gasteiger partial charge in [0.15, 0.2) is 11.6 Å². The minimum Gasteiger partial charge on any atom is -0.353 e. The largest absolute Gasteiger partial charge is 0.353 e. The zero-order valence-electron chi connectivity index (χ0n) is 12.3. The first-order valence-corrected chi connectivity index (χ1v) is 8.65. The molecule has 0 amide bonds. The molecule has 0 aliphatic rings. The SMILES string of the molecule is CC(=O)c1c(I)[nH]c(Cc2[nH]c(I)c(C)c2C(C)=O)c1C. The number of carbonyl (C=O) groups is 2. The molecule has 0 aliphatic carbocycles. The number of ketones is 2. The minimum absolute atomic E-state index is 0.0587. The van der Waals surface area contributed by atoms with Gasteiger partial charge in [-0.1, -0.05) is 0 Å². The standard InChI is InChI=1S/C15H16I2N2O2/c1-6-10(18-15(17)13(6)9(4)21)5-11-12(8(3)20)7(2)14(16)19-11/h18-19H,5H2,1-4H3. The number of Topliss-reactive ketones (excluding diaryl/α,β-unsaturated/α-hetero) is 2. The number of hydrogen-bond donors (Lipinski definition) is 2. The van der Waals surface area contributed by atoms with E-state index in [9.17, 15) is 9.59 Å². The molecule has 21 heavy (non-hydrogen) atoms. The third-order valence-corrected chi connectivity index (χ3v) is 5.52. The number of rotatable bonds is 4. The van der Waals surface area contributed by atoms with E-state index in [0.717, 1.165) is 41.0 Å². The molecule has 2 aromatic heterocycles. The first kappa shape index (κ1) is 16.7. The number of carbonyl (C=O) groups excluding carboxylic acids is 2. The third-order valence-electron chi connectivity index (χ3n) is 3.63. The van der Waals surface area contributed by atoms with Crippen LogP contribution in [0, 0.1) is 21.2 Å². The van der Waals surface area contributed by atoms with Crippen LogP contribution in [-0.4, -0.2) is 21.5 Å². The van der Waals surface area contributed by atoms with Crippen molar-refractivity contribution >= 4 is 56.7 Å². The lowest BCUT2D eigenvalue weighted by Crippen LogP contribution is -2.01. The number of halogens is 2. The van der Waals surface area contributed by atoms with Crippen molar-refractivity contribution in [3.63, 3.8) is 0 Å². The highest BCUT2D eigenvalue weighted by atomic mass is 127. The van der Waals surface area contributed by atoms with Crippen LogP contribution in [-0.2, 0) is 6.42 Å². The van der Waals surface area contributed by atoms with E-state index in [0.29, 0.717) is 6.42 Å². The molecule has 0 spiro atoms.